The Kier molecular flexibility index (Phi) is 6.24. The van der Waals surface area contributed by atoms with Crippen molar-refractivity contribution in [1.29, 1.82) is 0 Å². The van der Waals surface area contributed by atoms with Gasteiger partial charge in [-0.1, -0.05) is 13.8 Å². The number of rotatable bonds is 7. The van der Waals surface area contributed by atoms with E-state index < -0.39 is 17.6 Å². The van der Waals surface area contributed by atoms with Crippen LogP contribution in [-0.4, -0.2) is 45.4 Å². The van der Waals surface area contributed by atoms with E-state index >= 15 is 0 Å². The first kappa shape index (κ1) is 14.7. The molecule has 0 aromatic heterocycles. The molecule has 0 bridgehead atoms. The predicted molar refractivity (Wildman–Crippen MR) is 63.3 cm³/mol. The summed E-state index contributed by atoms with van der Waals surface area (Å²) < 4.78 is 0. The molecule has 0 fully saturated rings. The Morgan fingerprint density at radius 2 is 2.07 bits per heavy atom. The summed E-state index contributed by atoms with van der Waals surface area (Å²) in [5.74, 6) is -0.406. The fourth-order valence-electron chi connectivity index (χ4n) is 1.02. The third kappa shape index (κ3) is 4.86. The molecule has 0 aliphatic rings. The van der Waals surface area contributed by atoms with E-state index in [1.807, 2.05) is 13.8 Å². The lowest BCUT2D eigenvalue weighted by atomic mass is 10.1. The van der Waals surface area contributed by atoms with Crippen molar-refractivity contribution >= 4 is 17.7 Å². The topological polar surface area (TPSA) is 69.6 Å². The van der Waals surface area contributed by atoms with Crippen LogP contribution in [-0.2, 0) is 4.79 Å². The number of hydrogen-bond acceptors (Lipinski definition) is 4. The highest BCUT2D eigenvalue weighted by atomic mass is 32.2. The number of likely N-dealkylation sites (N-methyl/N-ethyl adjacent to an activating group) is 1. The van der Waals surface area contributed by atoms with Gasteiger partial charge < -0.3 is 15.5 Å². The summed E-state index contributed by atoms with van der Waals surface area (Å²) in [6.07, 6.45) is -0.422. The maximum Gasteiger partial charge on any atom is 0.324 e. The number of aliphatic hydroxyl groups excluding tert-OH is 1. The summed E-state index contributed by atoms with van der Waals surface area (Å²) >= 11 is 1.47. The van der Waals surface area contributed by atoms with Crippen molar-refractivity contribution in [2.75, 3.05) is 12.3 Å². The molecule has 0 radical (unpaired) electrons. The molecule has 90 valence electrons. The van der Waals surface area contributed by atoms with Crippen LogP contribution in [0.3, 0.4) is 0 Å². The first-order chi connectivity index (χ1) is 6.83. The Morgan fingerprint density at radius 3 is 2.40 bits per heavy atom. The highest BCUT2D eigenvalue weighted by Crippen LogP contribution is 2.20. The van der Waals surface area contributed by atoms with Crippen molar-refractivity contribution in [3.05, 3.63) is 0 Å². The summed E-state index contributed by atoms with van der Waals surface area (Å²) in [5, 5.41) is 21.4. The van der Waals surface area contributed by atoms with Crippen molar-refractivity contribution in [1.82, 2.24) is 5.32 Å². The Morgan fingerprint density at radius 1 is 1.53 bits per heavy atom. The highest BCUT2D eigenvalue weighted by Gasteiger charge is 2.32. The average Bonchev–Trinajstić information content (AvgIpc) is 2.14. The molecule has 5 heteroatoms. The van der Waals surface area contributed by atoms with E-state index in [9.17, 15) is 9.90 Å². The van der Waals surface area contributed by atoms with Gasteiger partial charge in [-0.15, -0.1) is 0 Å². The van der Waals surface area contributed by atoms with Gasteiger partial charge in [-0.3, -0.25) is 4.79 Å². The van der Waals surface area contributed by atoms with Crippen LogP contribution in [0.5, 0.6) is 0 Å². The van der Waals surface area contributed by atoms with Crippen molar-refractivity contribution in [3.63, 3.8) is 0 Å². The van der Waals surface area contributed by atoms with Gasteiger partial charge in [0.05, 0.1) is 6.10 Å². The number of aliphatic carboxylic acids is 1. The zero-order chi connectivity index (χ0) is 12.1. The first-order valence-corrected chi connectivity index (χ1v) is 6.16. The fourth-order valence-corrected chi connectivity index (χ4v) is 2.12. The first-order valence-electron chi connectivity index (χ1n) is 5.11. The van der Waals surface area contributed by atoms with Crippen LogP contribution in [0.25, 0.3) is 0 Å². The zero-order valence-corrected chi connectivity index (χ0v) is 10.6. The van der Waals surface area contributed by atoms with Gasteiger partial charge in [-0.05, 0) is 20.4 Å². The molecular weight excluding hydrogens is 214 g/mol. The molecule has 0 saturated carbocycles. The SMILES string of the molecule is CCNC(C)(CSC(C)C(C)O)C(=O)O. The number of aliphatic hydroxyl groups is 1. The van der Waals surface area contributed by atoms with E-state index in [1.54, 1.807) is 13.8 Å². The average molecular weight is 235 g/mol. The Hall–Kier alpha value is -0.260. The molecule has 0 aliphatic heterocycles. The molecule has 0 saturated heterocycles. The second kappa shape index (κ2) is 6.35. The normalized spacial score (nSPS) is 19.3. The van der Waals surface area contributed by atoms with Crippen LogP contribution in [0.2, 0.25) is 0 Å². The van der Waals surface area contributed by atoms with Crippen LogP contribution >= 0.6 is 11.8 Å². The number of carboxylic acids is 1. The van der Waals surface area contributed by atoms with Gasteiger partial charge in [0.2, 0.25) is 0 Å². The monoisotopic (exact) mass is 235 g/mol. The largest absolute Gasteiger partial charge is 0.480 e. The molecule has 4 nitrogen and oxygen atoms in total. The quantitative estimate of drug-likeness (QED) is 0.613. The molecule has 0 rings (SSSR count). The van der Waals surface area contributed by atoms with Crippen LogP contribution in [0, 0.1) is 0 Å². The molecule has 0 heterocycles. The minimum absolute atomic E-state index is 0.0438. The lowest BCUT2D eigenvalue weighted by molar-refractivity contribution is -0.143. The predicted octanol–water partition coefficient (Wildman–Crippen LogP) is 0.942. The van der Waals surface area contributed by atoms with E-state index in [4.69, 9.17) is 5.11 Å². The van der Waals surface area contributed by atoms with Gasteiger partial charge in [-0.2, -0.15) is 11.8 Å². The lowest BCUT2D eigenvalue weighted by Gasteiger charge is -2.27. The standard InChI is InChI=1S/C10H21NO3S/c1-5-11-10(4,9(13)14)6-15-8(3)7(2)12/h7-8,11-12H,5-6H2,1-4H3,(H,13,14). The summed E-state index contributed by atoms with van der Waals surface area (Å²) in [6, 6.07) is 0. The Labute approximate surface area is 95.4 Å². The Balaban J connectivity index is 4.25. The third-order valence-electron chi connectivity index (χ3n) is 2.35. The summed E-state index contributed by atoms with van der Waals surface area (Å²) in [4.78, 5) is 11.1. The molecule has 15 heavy (non-hydrogen) atoms. The molecule has 0 aliphatic carbocycles. The third-order valence-corrected chi connectivity index (χ3v) is 4.02. The molecule has 0 amide bonds. The lowest BCUT2D eigenvalue weighted by Crippen LogP contribution is -2.52. The molecule has 3 atom stereocenters. The number of hydrogen-bond donors (Lipinski definition) is 3. The van der Waals surface area contributed by atoms with Gasteiger partial charge in [-0.25, -0.2) is 0 Å². The van der Waals surface area contributed by atoms with Crippen LogP contribution in [0.1, 0.15) is 27.7 Å². The maximum atomic E-state index is 11.1. The second-order valence-electron chi connectivity index (χ2n) is 3.92. The zero-order valence-electron chi connectivity index (χ0n) is 9.78. The minimum atomic E-state index is -0.914. The van der Waals surface area contributed by atoms with Crippen molar-refractivity contribution in [3.8, 4) is 0 Å². The van der Waals surface area contributed by atoms with E-state index in [-0.39, 0.29) is 5.25 Å². The Bertz CT molecular complexity index is 211. The summed E-state index contributed by atoms with van der Waals surface area (Å²) in [7, 11) is 0. The minimum Gasteiger partial charge on any atom is -0.480 e. The number of nitrogens with one attached hydrogen (secondary N) is 1. The van der Waals surface area contributed by atoms with E-state index in [0.717, 1.165) is 0 Å². The number of carboxylic acid groups (broad SMARTS) is 1. The van der Waals surface area contributed by atoms with E-state index in [2.05, 4.69) is 5.32 Å². The van der Waals surface area contributed by atoms with Gasteiger partial charge >= 0.3 is 5.97 Å². The van der Waals surface area contributed by atoms with Crippen molar-refractivity contribution < 1.29 is 15.0 Å². The molecule has 0 aromatic rings. The van der Waals surface area contributed by atoms with Gasteiger partial charge in [0, 0.05) is 11.0 Å². The number of carbonyl (C=O) groups is 1. The second-order valence-corrected chi connectivity index (χ2v) is 5.29. The maximum absolute atomic E-state index is 11.1. The highest BCUT2D eigenvalue weighted by molar-refractivity contribution is 8.00. The summed E-state index contributed by atoms with van der Waals surface area (Å²) in [5.41, 5.74) is -0.914. The van der Waals surface area contributed by atoms with Gasteiger partial charge in [0.1, 0.15) is 5.54 Å². The van der Waals surface area contributed by atoms with Gasteiger partial charge in [0.25, 0.3) is 0 Å². The summed E-state index contributed by atoms with van der Waals surface area (Å²) in [6.45, 7) is 7.77. The van der Waals surface area contributed by atoms with Crippen molar-refractivity contribution in [2.45, 2.75) is 44.6 Å². The van der Waals surface area contributed by atoms with Crippen LogP contribution < -0.4 is 5.32 Å². The molecule has 0 spiro atoms. The van der Waals surface area contributed by atoms with Crippen molar-refractivity contribution in [2.24, 2.45) is 0 Å². The van der Waals surface area contributed by atoms with Gasteiger partial charge in [0.15, 0.2) is 0 Å². The number of thioether (sulfide) groups is 1. The molecule has 3 N–H and O–H groups in total. The molecular formula is C10H21NO3S. The van der Waals surface area contributed by atoms with Crippen LogP contribution in [0.15, 0.2) is 0 Å². The molecule has 0 aromatic carbocycles. The smallest absolute Gasteiger partial charge is 0.324 e. The molecule has 3 unspecified atom stereocenters. The van der Waals surface area contributed by atoms with Crippen LogP contribution in [0.4, 0.5) is 0 Å². The van der Waals surface area contributed by atoms with E-state index in [0.29, 0.717) is 12.3 Å². The fraction of sp³-hybridized carbons (Fsp3) is 0.900. The van der Waals surface area contributed by atoms with E-state index in [1.165, 1.54) is 11.8 Å².